The number of carbonyl (C=O) groups is 2. The zero-order valence-electron chi connectivity index (χ0n) is 27.9. The van der Waals surface area contributed by atoms with Gasteiger partial charge in [0.25, 0.3) is 15.7 Å². The summed E-state index contributed by atoms with van der Waals surface area (Å²) in [6, 6.07) is 25.2. The van der Waals surface area contributed by atoms with E-state index in [0.29, 0.717) is 11.3 Å². The number of hydrogen-bond acceptors (Lipinski definition) is 7. The summed E-state index contributed by atoms with van der Waals surface area (Å²) in [7, 11) is -3.09. The van der Waals surface area contributed by atoms with E-state index in [4.69, 9.17) is 4.74 Å². The molecule has 0 saturated heterocycles. The Bertz CT molecular complexity index is 1910. The van der Waals surface area contributed by atoms with Crippen LogP contribution in [0, 0.1) is 17.0 Å². The van der Waals surface area contributed by atoms with Crippen molar-refractivity contribution >= 4 is 49.1 Å². The Morgan fingerprint density at radius 1 is 0.939 bits per heavy atom. The number of nitro benzene ring substituents is 1. The first-order valence-electron chi connectivity index (χ1n) is 15.4. The van der Waals surface area contributed by atoms with Gasteiger partial charge in [0.1, 0.15) is 18.3 Å². The lowest BCUT2D eigenvalue weighted by Gasteiger charge is -2.35. The highest BCUT2D eigenvalue weighted by Gasteiger charge is 2.36. The van der Waals surface area contributed by atoms with Gasteiger partial charge in [0.05, 0.1) is 22.6 Å². The van der Waals surface area contributed by atoms with E-state index in [9.17, 15) is 28.1 Å². The molecule has 11 nitrogen and oxygen atoms in total. The average molecular weight is 752 g/mol. The van der Waals surface area contributed by atoms with E-state index >= 15 is 0 Å². The first-order valence-corrected chi connectivity index (χ1v) is 17.6. The molecular weight excluding hydrogens is 712 g/mol. The molecule has 2 amide bonds. The zero-order valence-corrected chi connectivity index (χ0v) is 30.3. The van der Waals surface area contributed by atoms with Gasteiger partial charge in [-0.15, -0.1) is 0 Å². The van der Waals surface area contributed by atoms with Gasteiger partial charge in [-0.3, -0.25) is 24.0 Å². The Balaban J connectivity index is 1.86. The van der Waals surface area contributed by atoms with Gasteiger partial charge < -0.3 is 15.0 Å². The molecule has 0 spiro atoms. The smallest absolute Gasteiger partial charge is 0.273 e. The summed E-state index contributed by atoms with van der Waals surface area (Å²) in [5, 5.41) is 14.7. The number of nitrogens with one attached hydrogen (secondary N) is 1. The summed E-state index contributed by atoms with van der Waals surface area (Å²) < 4.78 is 35.6. The van der Waals surface area contributed by atoms with E-state index in [0.717, 1.165) is 20.4 Å². The van der Waals surface area contributed by atoms with Crippen LogP contribution in [-0.2, 0) is 32.6 Å². The van der Waals surface area contributed by atoms with Crippen LogP contribution in [0.3, 0.4) is 0 Å². The Kier molecular flexibility index (Phi) is 11.8. The number of halogens is 1. The van der Waals surface area contributed by atoms with Crippen molar-refractivity contribution in [3.63, 3.8) is 0 Å². The second-order valence-corrected chi connectivity index (χ2v) is 15.3. The first-order chi connectivity index (χ1) is 23.1. The van der Waals surface area contributed by atoms with Crippen LogP contribution in [0.4, 0.5) is 11.4 Å². The molecule has 49 heavy (non-hydrogen) atoms. The summed E-state index contributed by atoms with van der Waals surface area (Å²) in [6.45, 7) is 6.30. The molecule has 258 valence electrons. The first kappa shape index (κ1) is 37.1. The van der Waals surface area contributed by atoms with E-state index in [2.05, 4.69) is 21.2 Å². The minimum absolute atomic E-state index is 0.0140. The molecule has 4 aromatic rings. The SMILES string of the molecule is COc1ccc(N(CC(=O)N(Cc2cccc(Br)c2)[C@H](Cc2ccccc2)C(=O)NC(C)(C)C)S(=O)(=O)c2ccc(C)c([N+](=O)[O-])c2)cc1. The van der Waals surface area contributed by atoms with Crippen molar-refractivity contribution in [3.8, 4) is 5.75 Å². The number of nitrogens with zero attached hydrogens (tertiary/aromatic N) is 3. The number of sulfonamides is 1. The van der Waals surface area contributed by atoms with Crippen LogP contribution in [0.25, 0.3) is 0 Å². The number of ether oxygens (including phenoxy) is 1. The van der Waals surface area contributed by atoms with Crippen molar-refractivity contribution < 1.29 is 27.7 Å². The third-order valence-corrected chi connectivity index (χ3v) is 9.88. The highest BCUT2D eigenvalue weighted by Crippen LogP contribution is 2.30. The van der Waals surface area contributed by atoms with Gasteiger partial charge in [-0.05, 0) is 81.3 Å². The van der Waals surface area contributed by atoms with Gasteiger partial charge >= 0.3 is 0 Å². The molecule has 0 aliphatic rings. The maximum atomic E-state index is 14.6. The molecule has 0 aliphatic carbocycles. The normalized spacial score (nSPS) is 12.1. The maximum absolute atomic E-state index is 14.6. The molecule has 1 N–H and O–H groups in total. The molecule has 0 saturated carbocycles. The van der Waals surface area contributed by atoms with E-state index in [1.807, 2.05) is 75.4 Å². The van der Waals surface area contributed by atoms with Crippen LogP contribution >= 0.6 is 15.9 Å². The number of anilines is 1. The Hall–Kier alpha value is -4.75. The van der Waals surface area contributed by atoms with E-state index < -0.39 is 44.9 Å². The predicted octanol–water partition coefficient (Wildman–Crippen LogP) is 6.42. The van der Waals surface area contributed by atoms with Gasteiger partial charge in [-0.1, -0.05) is 64.5 Å². The number of methoxy groups -OCH3 is 1. The monoisotopic (exact) mass is 750 g/mol. The van der Waals surface area contributed by atoms with Crippen LogP contribution in [0.2, 0.25) is 0 Å². The van der Waals surface area contributed by atoms with Gasteiger partial charge in [-0.2, -0.15) is 0 Å². The van der Waals surface area contributed by atoms with Gasteiger partial charge in [0.15, 0.2) is 0 Å². The van der Waals surface area contributed by atoms with E-state index in [1.54, 1.807) is 12.1 Å². The number of aryl methyl sites for hydroxylation is 1. The van der Waals surface area contributed by atoms with Crippen LogP contribution in [0.15, 0.2) is 106 Å². The van der Waals surface area contributed by atoms with E-state index in [-0.39, 0.29) is 34.8 Å². The zero-order chi connectivity index (χ0) is 35.9. The second kappa shape index (κ2) is 15.6. The molecular formula is C36H39BrN4O7S. The van der Waals surface area contributed by atoms with Crippen LogP contribution in [0.1, 0.15) is 37.5 Å². The van der Waals surface area contributed by atoms with Crippen molar-refractivity contribution in [2.24, 2.45) is 0 Å². The summed E-state index contributed by atoms with van der Waals surface area (Å²) >= 11 is 3.48. The van der Waals surface area contributed by atoms with Crippen LogP contribution < -0.4 is 14.4 Å². The lowest BCUT2D eigenvalue weighted by molar-refractivity contribution is -0.385. The van der Waals surface area contributed by atoms with Crippen molar-refractivity contribution in [1.29, 1.82) is 0 Å². The fourth-order valence-electron chi connectivity index (χ4n) is 5.19. The molecule has 4 aromatic carbocycles. The van der Waals surface area contributed by atoms with Crippen molar-refractivity contribution in [3.05, 3.63) is 128 Å². The molecule has 0 bridgehead atoms. The summed E-state index contributed by atoms with van der Waals surface area (Å²) in [5.41, 5.74) is 0.908. The lowest BCUT2D eigenvalue weighted by atomic mass is 10.0. The minimum atomic E-state index is -4.56. The fraction of sp³-hybridized carbons (Fsp3) is 0.278. The van der Waals surface area contributed by atoms with Crippen molar-refractivity contribution in [2.45, 2.75) is 57.1 Å². The predicted molar refractivity (Wildman–Crippen MR) is 192 cm³/mol. The molecule has 13 heteroatoms. The minimum Gasteiger partial charge on any atom is -0.497 e. The standard InChI is InChI=1S/C36H39BrN4O7S/c1-25-14-19-31(22-32(25)41(44)45)49(46,47)40(29-15-17-30(48-5)18-16-29)24-34(42)39(23-27-12-9-13-28(37)20-27)33(35(43)38-36(2,3)4)21-26-10-7-6-8-11-26/h6-20,22,33H,21,23-24H2,1-5H3,(H,38,43)/t33-/m1/s1. The summed E-state index contributed by atoms with van der Waals surface area (Å²) in [5.74, 6) is -0.616. The van der Waals surface area contributed by atoms with Gasteiger partial charge in [0, 0.05) is 34.6 Å². The highest BCUT2D eigenvalue weighted by atomic mass is 79.9. The third kappa shape index (κ3) is 9.67. The van der Waals surface area contributed by atoms with E-state index in [1.165, 1.54) is 43.2 Å². The molecule has 0 radical (unpaired) electrons. The Labute approximate surface area is 295 Å². The van der Waals surface area contributed by atoms with Crippen LogP contribution in [-0.4, -0.2) is 55.3 Å². The Morgan fingerprint density at radius 2 is 1.59 bits per heavy atom. The summed E-state index contributed by atoms with van der Waals surface area (Å²) in [6.07, 6.45) is 0.155. The van der Waals surface area contributed by atoms with Gasteiger partial charge in [0.2, 0.25) is 11.8 Å². The van der Waals surface area contributed by atoms with Gasteiger partial charge in [-0.25, -0.2) is 8.42 Å². The molecule has 1 atom stereocenters. The van der Waals surface area contributed by atoms with Crippen molar-refractivity contribution in [2.75, 3.05) is 18.0 Å². The maximum Gasteiger partial charge on any atom is 0.273 e. The van der Waals surface area contributed by atoms with Crippen LogP contribution in [0.5, 0.6) is 5.75 Å². The quantitative estimate of drug-likeness (QED) is 0.123. The molecule has 0 unspecified atom stereocenters. The summed E-state index contributed by atoms with van der Waals surface area (Å²) in [4.78, 5) is 40.8. The molecule has 0 aromatic heterocycles. The largest absolute Gasteiger partial charge is 0.497 e. The molecule has 0 aliphatic heterocycles. The molecule has 0 fully saturated rings. The highest BCUT2D eigenvalue weighted by molar-refractivity contribution is 9.10. The topological polar surface area (TPSA) is 139 Å². The third-order valence-electron chi connectivity index (χ3n) is 7.62. The van der Waals surface area contributed by atoms with Crippen molar-refractivity contribution in [1.82, 2.24) is 10.2 Å². The molecule has 4 rings (SSSR count). The number of rotatable bonds is 13. The number of amides is 2. The fourth-order valence-corrected chi connectivity index (χ4v) is 7.07. The second-order valence-electron chi connectivity index (χ2n) is 12.5. The molecule has 0 heterocycles. The number of hydrogen-bond donors (Lipinski definition) is 1. The number of carbonyl (C=O) groups excluding carboxylic acids is 2. The number of benzene rings is 4. The average Bonchev–Trinajstić information content (AvgIpc) is 3.04. The lowest BCUT2D eigenvalue weighted by Crippen LogP contribution is -2.56. The number of nitro groups is 1. The Morgan fingerprint density at radius 3 is 2.18 bits per heavy atom.